The van der Waals surface area contributed by atoms with E-state index in [9.17, 15) is 10.1 Å². The van der Waals surface area contributed by atoms with Gasteiger partial charge in [-0.1, -0.05) is 11.3 Å². The zero-order valence-corrected chi connectivity index (χ0v) is 18.8. The van der Waals surface area contributed by atoms with E-state index in [4.69, 9.17) is 4.74 Å². The van der Waals surface area contributed by atoms with Crippen molar-refractivity contribution in [2.24, 2.45) is 11.8 Å². The topological polar surface area (TPSA) is 109 Å². The van der Waals surface area contributed by atoms with Crippen molar-refractivity contribution in [3.8, 4) is 17.2 Å². The molecule has 1 saturated carbocycles. The molecule has 1 amide bonds. The summed E-state index contributed by atoms with van der Waals surface area (Å²) in [5, 5.41) is 20.7. The Morgan fingerprint density at radius 2 is 2.09 bits per heavy atom. The molecule has 3 aromatic rings. The molecule has 2 aliphatic heterocycles. The predicted octanol–water partition coefficient (Wildman–Crippen LogP) is 2.54. The number of hydrogen-bond acceptors (Lipinski definition) is 7. The summed E-state index contributed by atoms with van der Waals surface area (Å²) in [4.78, 5) is 18.3. The van der Waals surface area contributed by atoms with Gasteiger partial charge in [0.05, 0.1) is 36.7 Å². The van der Waals surface area contributed by atoms with Gasteiger partial charge in [-0.2, -0.15) is 5.26 Å². The molecular weight excluding hydrogens is 461 g/mol. The zero-order valence-electron chi connectivity index (χ0n) is 18.0. The molecule has 2 saturated heterocycles. The van der Waals surface area contributed by atoms with Crippen LogP contribution in [0.25, 0.3) is 11.1 Å². The first kappa shape index (κ1) is 22.3. The lowest BCUT2D eigenvalue weighted by molar-refractivity contribution is 0.129. The van der Waals surface area contributed by atoms with Gasteiger partial charge in [-0.15, -0.1) is 17.5 Å². The number of aromatic nitrogens is 4. The lowest BCUT2D eigenvalue weighted by Crippen LogP contribution is -2.26. The highest BCUT2D eigenvalue weighted by molar-refractivity contribution is 5.90. The minimum absolute atomic E-state index is 0. The van der Waals surface area contributed by atoms with Gasteiger partial charge in [-0.05, 0) is 24.3 Å². The first-order chi connectivity index (χ1) is 16.1. The summed E-state index contributed by atoms with van der Waals surface area (Å²) >= 11 is 0. The SMILES string of the molecule is Cl.N#CC1(c2ccc(-c3ccc(N4C[C@H](Cn5ccnn5)OC4=O)cc3F)cn2)[C@@H]2CNC[C@@H]21. The van der Waals surface area contributed by atoms with Gasteiger partial charge in [0, 0.05) is 48.4 Å². The minimum atomic E-state index is -0.524. The molecule has 9 nitrogen and oxygen atoms in total. The Labute approximate surface area is 200 Å². The Bertz CT molecular complexity index is 1250. The van der Waals surface area contributed by atoms with Crippen molar-refractivity contribution in [1.82, 2.24) is 25.3 Å². The number of benzene rings is 1. The Balaban J connectivity index is 0.00000241. The zero-order chi connectivity index (χ0) is 22.6. The Morgan fingerprint density at radius 3 is 2.74 bits per heavy atom. The van der Waals surface area contributed by atoms with Crippen molar-refractivity contribution in [3.63, 3.8) is 0 Å². The van der Waals surface area contributed by atoms with Crippen molar-refractivity contribution >= 4 is 24.2 Å². The van der Waals surface area contributed by atoms with E-state index in [0.29, 0.717) is 41.7 Å². The number of nitrogens with one attached hydrogen (secondary N) is 1. The largest absolute Gasteiger partial charge is 0.442 e. The first-order valence-electron chi connectivity index (χ1n) is 10.8. The quantitative estimate of drug-likeness (QED) is 0.596. The van der Waals surface area contributed by atoms with Crippen LogP contribution in [0.4, 0.5) is 14.9 Å². The number of carbonyl (C=O) groups excluding carboxylic acids is 1. The van der Waals surface area contributed by atoms with Crippen molar-refractivity contribution in [2.45, 2.75) is 18.1 Å². The highest BCUT2D eigenvalue weighted by atomic mass is 35.5. The van der Waals surface area contributed by atoms with E-state index in [-0.39, 0.29) is 12.4 Å². The summed E-state index contributed by atoms with van der Waals surface area (Å²) in [5.74, 6) is 0.132. The molecule has 1 aliphatic carbocycles. The van der Waals surface area contributed by atoms with E-state index < -0.39 is 23.4 Å². The third kappa shape index (κ3) is 3.40. The molecule has 3 aliphatic rings. The van der Waals surface area contributed by atoms with E-state index in [2.05, 4.69) is 26.7 Å². The molecule has 174 valence electrons. The van der Waals surface area contributed by atoms with Gasteiger partial charge in [0.2, 0.25) is 0 Å². The van der Waals surface area contributed by atoms with Crippen molar-refractivity contribution in [1.29, 1.82) is 5.26 Å². The molecule has 0 radical (unpaired) electrons. The van der Waals surface area contributed by atoms with Gasteiger partial charge < -0.3 is 10.1 Å². The second kappa shape index (κ2) is 8.34. The molecule has 6 rings (SSSR count). The summed E-state index contributed by atoms with van der Waals surface area (Å²) in [6.07, 6.45) is 3.94. The fraction of sp³-hybridized carbons (Fsp3) is 0.348. The minimum Gasteiger partial charge on any atom is -0.442 e. The number of pyridine rings is 1. The Kier molecular flexibility index (Phi) is 5.46. The Hall–Kier alpha value is -3.55. The fourth-order valence-electron chi connectivity index (χ4n) is 5.21. The monoisotopic (exact) mass is 481 g/mol. The van der Waals surface area contributed by atoms with Gasteiger partial charge in [0.25, 0.3) is 0 Å². The van der Waals surface area contributed by atoms with Crippen LogP contribution in [0.5, 0.6) is 0 Å². The first-order valence-corrected chi connectivity index (χ1v) is 10.8. The number of hydrogen-bond donors (Lipinski definition) is 1. The lowest BCUT2D eigenvalue weighted by atomic mass is 9.96. The number of halogens is 2. The van der Waals surface area contributed by atoms with Crippen LogP contribution in [-0.4, -0.2) is 51.8 Å². The highest BCUT2D eigenvalue weighted by Crippen LogP contribution is 2.60. The number of fused-ring (bicyclic) bond motifs is 1. The normalized spacial score (nSPS) is 27.0. The van der Waals surface area contributed by atoms with E-state index in [1.807, 2.05) is 6.07 Å². The molecule has 34 heavy (non-hydrogen) atoms. The number of rotatable bonds is 5. The maximum absolute atomic E-state index is 15.0. The number of nitrogens with zero attached hydrogens (tertiary/aromatic N) is 6. The number of carbonyl (C=O) groups is 1. The Morgan fingerprint density at radius 1 is 1.26 bits per heavy atom. The van der Waals surface area contributed by atoms with Crippen LogP contribution in [0.1, 0.15) is 5.69 Å². The van der Waals surface area contributed by atoms with Crippen LogP contribution in [0, 0.1) is 29.0 Å². The summed E-state index contributed by atoms with van der Waals surface area (Å²) in [6.45, 7) is 2.33. The van der Waals surface area contributed by atoms with E-state index >= 15 is 4.39 Å². The van der Waals surface area contributed by atoms with Crippen LogP contribution in [0.15, 0.2) is 48.9 Å². The van der Waals surface area contributed by atoms with Crippen LogP contribution >= 0.6 is 12.4 Å². The summed E-state index contributed by atoms with van der Waals surface area (Å²) in [5.41, 5.74) is 1.65. The van der Waals surface area contributed by atoms with Gasteiger partial charge in [-0.3, -0.25) is 9.88 Å². The molecule has 0 spiro atoms. The molecule has 1 aromatic carbocycles. The van der Waals surface area contributed by atoms with Crippen LogP contribution < -0.4 is 10.2 Å². The van der Waals surface area contributed by atoms with Crippen molar-refractivity contribution < 1.29 is 13.9 Å². The predicted molar refractivity (Wildman–Crippen MR) is 122 cm³/mol. The standard InChI is InChI=1S/C23H20FN7O2.ClH/c24-20-7-15(31-12-16(33-22(31)32)11-30-6-5-28-29-30)2-3-17(20)14-1-4-21(27-8-14)23(13-25)18-9-26-10-19(18)23;/h1-8,16,18-19,26H,9-12H2;1H/t16-,18-,19+,23?;/m0./s1. The molecule has 4 heterocycles. The average Bonchev–Trinajstić information content (AvgIpc) is 3.35. The number of amides is 1. The number of nitriles is 1. The maximum atomic E-state index is 15.0. The number of cyclic esters (lactones) is 1. The summed E-state index contributed by atoms with van der Waals surface area (Å²) in [6, 6.07) is 10.8. The highest BCUT2D eigenvalue weighted by Gasteiger charge is 2.69. The third-order valence-corrected chi connectivity index (χ3v) is 6.96. The van der Waals surface area contributed by atoms with Crippen LogP contribution in [0.2, 0.25) is 0 Å². The fourth-order valence-corrected chi connectivity index (χ4v) is 5.21. The van der Waals surface area contributed by atoms with Crippen molar-refractivity contribution in [2.75, 3.05) is 24.5 Å². The molecule has 0 bridgehead atoms. The second-order valence-electron chi connectivity index (χ2n) is 8.69. The third-order valence-electron chi connectivity index (χ3n) is 6.96. The molecule has 1 unspecified atom stereocenters. The molecule has 3 fully saturated rings. The lowest BCUT2D eigenvalue weighted by Gasteiger charge is -2.15. The average molecular weight is 482 g/mol. The van der Waals surface area contributed by atoms with Gasteiger partial charge >= 0.3 is 6.09 Å². The number of piperidine rings is 1. The van der Waals surface area contributed by atoms with Gasteiger partial charge in [0.15, 0.2) is 0 Å². The maximum Gasteiger partial charge on any atom is 0.414 e. The summed E-state index contributed by atoms with van der Waals surface area (Å²) in [7, 11) is 0. The molecule has 1 N–H and O–H groups in total. The smallest absolute Gasteiger partial charge is 0.414 e. The van der Waals surface area contributed by atoms with Gasteiger partial charge in [0.1, 0.15) is 17.3 Å². The number of ether oxygens (including phenoxy) is 1. The van der Waals surface area contributed by atoms with E-state index in [1.54, 1.807) is 41.5 Å². The van der Waals surface area contributed by atoms with E-state index in [1.165, 1.54) is 11.0 Å². The van der Waals surface area contributed by atoms with E-state index in [0.717, 1.165) is 18.8 Å². The van der Waals surface area contributed by atoms with Gasteiger partial charge in [-0.25, -0.2) is 13.9 Å². The molecule has 4 atom stereocenters. The van der Waals surface area contributed by atoms with Crippen molar-refractivity contribution in [3.05, 3.63) is 60.4 Å². The number of anilines is 1. The van der Waals surface area contributed by atoms with Crippen LogP contribution in [0.3, 0.4) is 0 Å². The molecule has 2 aromatic heterocycles. The summed E-state index contributed by atoms with van der Waals surface area (Å²) < 4.78 is 22.0. The molecular formula is C23H21ClFN7O2. The second-order valence-corrected chi connectivity index (χ2v) is 8.69. The van der Waals surface area contributed by atoms with Crippen LogP contribution in [-0.2, 0) is 16.7 Å². The molecule has 11 heteroatoms.